The Morgan fingerprint density at radius 3 is 2.82 bits per heavy atom. The van der Waals surface area contributed by atoms with E-state index in [1.54, 1.807) is 7.05 Å². The highest BCUT2D eigenvalue weighted by Gasteiger charge is 2.03. The van der Waals surface area contributed by atoms with E-state index in [1.807, 2.05) is 0 Å². The topological polar surface area (TPSA) is 12.0 Å². The molecular weight excluding hydrogens is 148 g/mol. The third-order valence-electron chi connectivity index (χ3n) is 1.25. The molecule has 0 saturated heterocycles. The summed E-state index contributed by atoms with van der Waals surface area (Å²) in [6, 6.07) is 0. The summed E-state index contributed by atoms with van der Waals surface area (Å²) in [4.78, 5) is 0. The fourth-order valence-corrected chi connectivity index (χ4v) is 0.677. The van der Waals surface area contributed by atoms with Crippen LogP contribution in [0.1, 0.15) is 0 Å². The highest BCUT2D eigenvalue weighted by molar-refractivity contribution is 5.33. The van der Waals surface area contributed by atoms with Crippen LogP contribution in [0.3, 0.4) is 0 Å². The third kappa shape index (κ3) is 1.79. The van der Waals surface area contributed by atoms with Crippen molar-refractivity contribution >= 4 is 0 Å². The zero-order chi connectivity index (χ0) is 8.27. The standard InChI is InChI=1S/C8H7F2N/c1-11-6-3-2-4-7(9)8(10)5-6/h2-3,5,11H,1H3. The van der Waals surface area contributed by atoms with Crippen molar-refractivity contribution in [2.45, 2.75) is 0 Å². The van der Waals surface area contributed by atoms with E-state index >= 15 is 0 Å². The Bertz CT molecular complexity index is 280. The molecule has 0 aromatic rings. The predicted octanol–water partition coefficient (Wildman–Crippen LogP) is 1.97. The molecule has 0 aromatic heterocycles. The second-order valence-corrected chi connectivity index (χ2v) is 1.99. The van der Waals surface area contributed by atoms with Gasteiger partial charge in [-0.3, -0.25) is 0 Å². The average Bonchev–Trinajstić information content (AvgIpc) is 2.15. The monoisotopic (exact) mass is 155 g/mol. The van der Waals surface area contributed by atoms with E-state index in [4.69, 9.17) is 0 Å². The van der Waals surface area contributed by atoms with Gasteiger partial charge in [0.25, 0.3) is 0 Å². The molecule has 0 atom stereocenters. The Morgan fingerprint density at radius 2 is 2.18 bits per heavy atom. The molecule has 0 amide bonds. The molecule has 0 heterocycles. The number of likely N-dealkylation sites (N-methyl/N-ethyl adjacent to an activating group) is 1. The SMILES string of the molecule is CNC1=CC=C=C(F)C(F)=C1. The van der Waals surface area contributed by atoms with Gasteiger partial charge in [0, 0.05) is 18.8 Å². The Labute approximate surface area is 63.4 Å². The van der Waals surface area contributed by atoms with Crippen LogP contribution in [0.4, 0.5) is 8.78 Å². The molecular formula is C8H7F2N. The van der Waals surface area contributed by atoms with Crippen LogP contribution in [0.5, 0.6) is 0 Å². The molecule has 1 aliphatic carbocycles. The summed E-state index contributed by atoms with van der Waals surface area (Å²) in [5, 5.41) is 2.69. The molecule has 0 fully saturated rings. The lowest BCUT2D eigenvalue weighted by molar-refractivity contribution is 0.546. The second kappa shape index (κ2) is 3.17. The van der Waals surface area contributed by atoms with E-state index in [-0.39, 0.29) is 0 Å². The van der Waals surface area contributed by atoms with Crippen molar-refractivity contribution in [2.24, 2.45) is 0 Å². The first kappa shape index (κ1) is 7.76. The van der Waals surface area contributed by atoms with Crippen LogP contribution < -0.4 is 5.32 Å². The van der Waals surface area contributed by atoms with Crippen molar-refractivity contribution in [2.75, 3.05) is 7.05 Å². The molecule has 0 saturated carbocycles. The lowest BCUT2D eigenvalue weighted by atomic mass is 10.3. The lowest BCUT2D eigenvalue weighted by Crippen LogP contribution is -2.02. The maximum Gasteiger partial charge on any atom is 0.201 e. The zero-order valence-corrected chi connectivity index (χ0v) is 5.99. The quantitative estimate of drug-likeness (QED) is 0.571. The van der Waals surface area contributed by atoms with Crippen molar-refractivity contribution in [3.63, 3.8) is 0 Å². The number of halogens is 2. The molecule has 0 spiro atoms. The molecule has 1 rings (SSSR count). The van der Waals surface area contributed by atoms with Gasteiger partial charge in [-0.1, -0.05) is 5.73 Å². The number of nitrogens with one attached hydrogen (secondary N) is 1. The maximum atomic E-state index is 12.6. The van der Waals surface area contributed by atoms with Gasteiger partial charge in [-0.2, -0.15) is 4.39 Å². The molecule has 0 bridgehead atoms. The van der Waals surface area contributed by atoms with Crippen LogP contribution in [0.25, 0.3) is 0 Å². The van der Waals surface area contributed by atoms with Gasteiger partial charge in [-0.05, 0) is 12.2 Å². The van der Waals surface area contributed by atoms with Crippen LogP contribution in [-0.2, 0) is 0 Å². The molecule has 58 valence electrons. The van der Waals surface area contributed by atoms with Gasteiger partial charge in [0.2, 0.25) is 5.83 Å². The fraction of sp³-hybridized carbons (Fsp3) is 0.125. The summed E-state index contributed by atoms with van der Waals surface area (Å²) in [7, 11) is 1.63. The minimum atomic E-state index is -0.966. The van der Waals surface area contributed by atoms with Gasteiger partial charge in [-0.25, -0.2) is 4.39 Å². The lowest BCUT2D eigenvalue weighted by Gasteiger charge is -1.96. The first-order valence-corrected chi connectivity index (χ1v) is 3.12. The van der Waals surface area contributed by atoms with Crippen molar-refractivity contribution < 1.29 is 8.78 Å². The highest BCUT2D eigenvalue weighted by atomic mass is 19.2. The summed E-state index contributed by atoms with van der Waals surface area (Å²) in [5.41, 5.74) is 2.64. The number of allylic oxidation sites excluding steroid dienone is 4. The van der Waals surface area contributed by atoms with Crippen molar-refractivity contribution in [1.29, 1.82) is 0 Å². The second-order valence-electron chi connectivity index (χ2n) is 1.99. The Hall–Kier alpha value is -1.34. The summed E-state index contributed by atoms with van der Waals surface area (Å²) in [6.45, 7) is 0. The molecule has 11 heavy (non-hydrogen) atoms. The van der Waals surface area contributed by atoms with E-state index in [9.17, 15) is 8.78 Å². The van der Waals surface area contributed by atoms with Crippen LogP contribution in [0.2, 0.25) is 0 Å². The van der Waals surface area contributed by atoms with Gasteiger partial charge in [0.15, 0.2) is 5.83 Å². The van der Waals surface area contributed by atoms with Gasteiger partial charge in [0.1, 0.15) is 0 Å². The number of hydrogen-bond acceptors (Lipinski definition) is 1. The van der Waals surface area contributed by atoms with Crippen molar-refractivity contribution in [3.05, 3.63) is 41.3 Å². The van der Waals surface area contributed by atoms with Gasteiger partial charge >= 0.3 is 0 Å². The molecule has 0 aromatic carbocycles. The van der Waals surface area contributed by atoms with E-state index in [0.717, 1.165) is 6.08 Å². The van der Waals surface area contributed by atoms with Crippen LogP contribution in [-0.4, -0.2) is 7.05 Å². The Kier molecular flexibility index (Phi) is 2.24. The fourth-order valence-electron chi connectivity index (χ4n) is 0.677. The van der Waals surface area contributed by atoms with E-state index in [0.29, 0.717) is 5.70 Å². The van der Waals surface area contributed by atoms with Gasteiger partial charge < -0.3 is 5.32 Å². The minimum absolute atomic E-state index is 0.516. The Morgan fingerprint density at radius 1 is 1.45 bits per heavy atom. The molecule has 1 N–H and O–H groups in total. The van der Waals surface area contributed by atoms with E-state index < -0.39 is 11.7 Å². The first-order valence-electron chi connectivity index (χ1n) is 3.12. The number of rotatable bonds is 1. The third-order valence-corrected chi connectivity index (χ3v) is 1.25. The maximum absolute atomic E-state index is 12.6. The molecule has 1 nitrogen and oxygen atoms in total. The molecule has 3 heteroatoms. The van der Waals surface area contributed by atoms with Gasteiger partial charge in [-0.15, -0.1) is 0 Å². The molecule has 0 aliphatic heterocycles. The first-order chi connectivity index (χ1) is 5.24. The van der Waals surface area contributed by atoms with Gasteiger partial charge in [0.05, 0.1) is 0 Å². The smallest absolute Gasteiger partial charge is 0.201 e. The Balaban J connectivity index is 3.01. The molecule has 0 unspecified atom stereocenters. The normalized spacial score (nSPS) is 16.5. The van der Waals surface area contributed by atoms with Crippen molar-refractivity contribution in [3.8, 4) is 0 Å². The van der Waals surface area contributed by atoms with Crippen molar-refractivity contribution in [1.82, 2.24) is 5.32 Å². The highest BCUT2D eigenvalue weighted by Crippen LogP contribution is 2.15. The van der Waals surface area contributed by atoms with Crippen LogP contribution in [0.15, 0.2) is 41.3 Å². The van der Waals surface area contributed by atoms with E-state index in [2.05, 4.69) is 11.0 Å². The summed E-state index contributed by atoms with van der Waals surface area (Å²) in [6.07, 6.45) is 3.93. The summed E-state index contributed by atoms with van der Waals surface area (Å²) < 4.78 is 25.0. The minimum Gasteiger partial charge on any atom is -0.388 e. The van der Waals surface area contributed by atoms with Crippen LogP contribution >= 0.6 is 0 Å². The molecule has 0 radical (unpaired) electrons. The molecule has 1 aliphatic rings. The van der Waals surface area contributed by atoms with E-state index in [1.165, 1.54) is 12.2 Å². The predicted molar refractivity (Wildman–Crippen MR) is 39.0 cm³/mol. The summed E-state index contributed by atoms with van der Waals surface area (Å²) in [5.74, 6) is -1.87. The van der Waals surface area contributed by atoms with Crippen LogP contribution in [0, 0.1) is 0 Å². The number of hydrogen-bond donors (Lipinski definition) is 1. The largest absolute Gasteiger partial charge is 0.388 e. The summed E-state index contributed by atoms with van der Waals surface area (Å²) >= 11 is 0. The average molecular weight is 155 g/mol. The zero-order valence-electron chi connectivity index (χ0n) is 5.99.